The van der Waals surface area contributed by atoms with Crippen molar-refractivity contribution in [2.24, 2.45) is 0 Å². The molecule has 22 heavy (non-hydrogen) atoms. The summed E-state index contributed by atoms with van der Waals surface area (Å²) in [6.07, 6.45) is 0.00671. The Hall–Kier alpha value is -2.45. The molecule has 1 rings (SSSR count). The third-order valence-corrected chi connectivity index (χ3v) is 3.04. The zero-order valence-corrected chi connectivity index (χ0v) is 12.9. The molecule has 9 heteroatoms. The van der Waals surface area contributed by atoms with E-state index in [1.807, 2.05) is 0 Å². The summed E-state index contributed by atoms with van der Waals surface area (Å²) in [5, 5.41) is 11.0. The van der Waals surface area contributed by atoms with Gasteiger partial charge in [-0.05, 0) is 11.3 Å². The van der Waals surface area contributed by atoms with Crippen LogP contribution in [0.5, 0.6) is 0 Å². The molecule has 0 aliphatic carbocycles. The topological polar surface area (TPSA) is 114 Å². The van der Waals surface area contributed by atoms with Gasteiger partial charge in [-0.3, -0.25) is 9.59 Å². The maximum absolute atomic E-state index is 11.3. The number of hydrogen-bond donors (Lipinski definition) is 0. The summed E-state index contributed by atoms with van der Waals surface area (Å²) in [7, 11) is 0. The maximum Gasteiger partial charge on any atom is 0.342 e. The number of aryl methyl sites for hydroxylation is 1. The predicted octanol–water partition coefficient (Wildman–Crippen LogP) is 1.37. The monoisotopic (exact) mass is 313 g/mol. The van der Waals surface area contributed by atoms with Gasteiger partial charge in [-0.2, -0.15) is 0 Å². The second-order valence-electron chi connectivity index (χ2n) is 4.74. The van der Waals surface area contributed by atoms with E-state index in [-0.39, 0.29) is 12.4 Å². The molecule has 0 saturated carbocycles. The minimum Gasteiger partial charge on any atom is -0.458 e. The van der Waals surface area contributed by atoms with E-state index < -0.39 is 29.1 Å². The van der Waals surface area contributed by atoms with E-state index in [9.17, 15) is 19.7 Å². The molecule has 9 nitrogen and oxygen atoms in total. The Labute approximate surface area is 127 Å². The van der Waals surface area contributed by atoms with Crippen LogP contribution in [0.15, 0.2) is 6.20 Å². The molecule has 0 aliphatic heterocycles. The fraction of sp³-hybridized carbons (Fsp3) is 0.615. The molecule has 1 aromatic rings. The molecule has 2 atom stereocenters. The van der Waals surface area contributed by atoms with Gasteiger partial charge in [0.15, 0.2) is 11.9 Å². The molecule has 0 saturated heterocycles. The van der Waals surface area contributed by atoms with Crippen LogP contribution in [0.3, 0.4) is 0 Å². The van der Waals surface area contributed by atoms with Crippen LogP contribution in [-0.4, -0.2) is 38.6 Å². The first-order valence-electron chi connectivity index (χ1n) is 6.77. The Morgan fingerprint density at radius 3 is 2.32 bits per heavy atom. The number of ether oxygens (including phenoxy) is 2. The number of imidazole rings is 1. The van der Waals surface area contributed by atoms with Crippen LogP contribution in [0.25, 0.3) is 0 Å². The first kappa shape index (κ1) is 17.6. The van der Waals surface area contributed by atoms with E-state index in [0.29, 0.717) is 12.2 Å². The van der Waals surface area contributed by atoms with Crippen molar-refractivity contribution in [1.29, 1.82) is 0 Å². The molecule has 0 aromatic carbocycles. The molecule has 1 heterocycles. The third-order valence-electron chi connectivity index (χ3n) is 3.04. The number of nitrogens with zero attached hydrogens (tertiary/aromatic N) is 3. The van der Waals surface area contributed by atoms with Crippen LogP contribution in [-0.2, 0) is 25.6 Å². The van der Waals surface area contributed by atoms with E-state index in [1.54, 1.807) is 13.8 Å². The van der Waals surface area contributed by atoms with Gasteiger partial charge in [-0.1, -0.05) is 6.92 Å². The molecule has 1 aromatic heterocycles. The highest BCUT2D eigenvalue weighted by atomic mass is 16.6. The standard InChI is InChI=1S/C13H19N3O6/c1-5-11(21-9(3)17)12(22-10(4)18)7-15-8(2)14-6-13(15)16(19)20/h6,11-12H,5,7H2,1-4H3. The van der Waals surface area contributed by atoms with Crippen LogP contribution >= 0.6 is 0 Å². The number of carbonyl (C=O) groups excluding carboxylic acids is 2. The molecule has 0 spiro atoms. The number of hydrogen-bond acceptors (Lipinski definition) is 7. The van der Waals surface area contributed by atoms with Crippen molar-refractivity contribution >= 4 is 17.8 Å². The second kappa shape index (κ2) is 7.53. The second-order valence-corrected chi connectivity index (χ2v) is 4.74. The summed E-state index contributed by atoms with van der Waals surface area (Å²) in [5.41, 5.74) is 0. The lowest BCUT2D eigenvalue weighted by molar-refractivity contribution is -0.392. The zero-order chi connectivity index (χ0) is 16.9. The third kappa shape index (κ3) is 4.54. The molecule has 122 valence electrons. The highest BCUT2D eigenvalue weighted by molar-refractivity contribution is 5.67. The van der Waals surface area contributed by atoms with Crippen molar-refractivity contribution in [2.45, 2.75) is 52.9 Å². The predicted molar refractivity (Wildman–Crippen MR) is 75.0 cm³/mol. The zero-order valence-electron chi connectivity index (χ0n) is 12.9. The van der Waals surface area contributed by atoms with Crippen molar-refractivity contribution in [1.82, 2.24) is 9.55 Å². The van der Waals surface area contributed by atoms with Crippen molar-refractivity contribution in [2.75, 3.05) is 0 Å². The van der Waals surface area contributed by atoms with E-state index >= 15 is 0 Å². The van der Waals surface area contributed by atoms with Crippen LogP contribution in [0, 0.1) is 17.0 Å². The van der Waals surface area contributed by atoms with Gasteiger partial charge in [0, 0.05) is 20.8 Å². The fourth-order valence-corrected chi connectivity index (χ4v) is 2.09. The summed E-state index contributed by atoms with van der Waals surface area (Å²) in [5.74, 6) is -0.884. The smallest absolute Gasteiger partial charge is 0.342 e. The molecule has 0 amide bonds. The Morgan fingerprint density at radius 2 is 1.86 bits per heavy atom. The molecule has 0 bridgehead atoms. The molecule has 0 N–H and O–H groups in total. The molecule has 0 aliphatic rings. The maximum atomic E-state index is 11.3. The lowest BCUT2D eigenvalue weighted by Crippen LogP contribution is -2.37. The Morgan fingerprint density at radius 1 is 1.32 bits per heavy atom. The number of nitro groups is 1. The molecule has 0 fully saturated rings. The summed E-state index contributed by atoms with van der Waals surface area (Å²) < 4.78 is 11.6. The van der Waals surface area contributed by atoms with E-state index in [0.717, 1.165) is 6.20 Å². The molecular formula is C13H19N3O6. The lowest BCUT2D eigenvalue weighted by atomic mass is 10.1. The van der Waals surface area contributed by atoms with Crippen molar-refractivity contribution in [3.63, 3.8) is 0 Å². The van der Waals surface area contributed by atoms with E-state index in [2.05, 4.69) is 4.98 Å². The van der Waals surface area contributed by atoms with Crippen molar-refractivity contribution < 1.29 is 24.0 Å². The van der Waals surface area contributed by atoms with Crippen molar-refractivity contribution in [3.8, 4) is 0 Å². The summed E-state index contributed by atoms with van der Waals surface area (Å²) >= 11 is 0. The summed E-state index contributed by atoms with van der Waals surface area (Å²) in [6, 6.07) is 0. The minimum absolute atomic E-state index is 0.0203. The van der Waals surface area contributed by atoms with Gasteiger partial charge in [0.05, 0.1) is 0 Å². The van der Waals surface area contributed by atoms with Gasteiger partial charge in [-0.25, -0.2) is 9.55 Å². The SMILES string of the molecule is CCC(OC(C)=O)C(Cn1c([N+](=O)[O-])cnc1C)OC(C)=O. The first-order valence-corrected chi connectivity index (χ1v) is 6.77. The van der Waals surface area contributed by atoms with Gasteiger partial charge < -0.3 is 19.6 Å². The average molecular weight is 313 g/mol. The highest BCUT2D eigenvalue weighted by Crippen LogP contribution is 2.19. The number of rotatable bonds is 7. The Bertz CT molecular complexity index is 568. The van der Waals surface area contributed by atoms with Gasteiger partial charge in [0.2, 0.25) is 0 Å². The first-order chi connectivity index (χ1) is 10.3. The van der Waals surface area contributed by atoms with Crippen LogP contribution in [0.2, 0.25) is 0 Å². The van der Waals surface area contributed by atoms with Crippen LogP contribution in [0.4, 0.5) is 5.82 Å². The van der Waals surface area contributed by atoms with E-state index in [1.165, 1.54) is 18.4 Å². The molecule has 0 radical (unpaired) electrons. The van der Waals surface area contributed by atoms with Gasteiger partial charge in [0.1, 0.15) is 18.8 Å². The lowest BCUT2D eigenvalue weighted by Gasteiger charge is -2.24. The van der Waals surface area contributed by atoms with Gasteiger partial charge >= 0.3 is 17.8 Å². The number of aromatic nitrogens is 2. The highest BCUT2D eigenvalue weighted by Gasteiger charge is 2.31. The van der Waals surface area contributed by atoms with Crippen LogP contribution in [0.1, 0.15) is 33.0 Å². The quantitative estimate of drug-likeness (QED) is 0.424. The van der Waals surface area contributed by atoms with Crippen LogP contribution < -0.4 is 0 Å². The molecule has 2 unspecified atom stereocenters. The van der Waals surface area contributed by atoms with Crippen molar-refractivity contribution in [3.05, 3.63) is 22.1 Å². The average Bonchev–Trinajstić information content (AvgIpc) is 2.76. The Kier molecular flexibility index (Phi) is 6.02. The fourth-order valence-electron chi connectivity index (χ4n) is 2.09. The summed E-state index contributed by atoms with van der Waals surface area (Å²) in [4.78, 5) is 36.8. The largest absolute Gasteiger partial charge is 0.458 e. The number of esters is 2. The summed E-state index contributed by atoms with van der Waals surface area (Å²) in [6.45, 7) is 5.82. The van der Waals surface area contributed by atoms with E-state index in [4.69, 9.17) is 9.47 Å². The number of carbonyl (C=O) groups is 2. The Balaban J connectivity index is 3.07. The minimum atomic E-state index is -0.835. The van der Waals surface area contributed by atoms with Gasteiger partial charge in [-0.15, -0.1) is 0 Å². The van der Waals surface area contributed by atoms with Gasteiger partial charge in [0.25, 0.3) is 0 Å². The molecular weight excluding hydrogens is 294 g/mol. The normalized spacial score (nSPS) is 13.3.